The molecule has 2 amide bonds. The molecule has 8 nitrogen and oxygen atoms in total. The van der Waals surface area contributed by atoms with Crippen LogP contribution < -0.4 is 16.8 Å². The fourth-order valence-corrected chi connectivity index (χ4v) is 4.50. The summed E-state index contributed by atoms with van der Waals surface area (Å²) >= 11 is 12.3. The van der Waals surface area contributed by atoms with Crippen LogP contribution in [0.25, 0.3) is 0 Å². The van der Waals surface area contributed by atoms with Gasteiger partial charge in [-0.15, -0.1) is 0 Å². The van der Waals surface area contributed by atoms with Crippen molar-refractivity contribution in [3.05, 3.63) is 102 Å². The molecular formula is C23H20Cl2N4O4. The highest BCUT2D eigenvalue weighted by atomic mass is 35.5. The van der Waals surface area contributed by atoms with E-state index in [1.807, 2.05) is 0 Å². The number of carboxylic acids is 1. The predicted octanol–water partition coefficient (Wildman–Crippen LogP) is 3.50. The summed E-state index contributed by atoms with van der Waals surface area (Å²) in [5.74, 6) is -2.51. The van der Waals surface area contributed by atoms with Crippen molar-refractivity contribution in [3.8, 4) is 0 Å². The van der Waals surface area contributed by atoms with Crippen molar-refractivity contribution in [1.82, 2.24) is 9.25 Å². The van der Waals surface area contributed by atoms with E-state index in [1.165, 1.54) is 36.4 Å². The summed E-state index contributed by atoms with van der Waals surface area (Å²) in [7, 11) is 0. The number of rotatable bonds is 8. The van der Waals surface area contributed by atoms with Gasteiger partial charge in [-0.2, -0.15) is 0 Å². The van der Waals surface area contributed by atoms with Crippen molar-refractivity contribution >= 4 is 47.0 Å². The number of hydrogen-bond acceptors (Lipinski definition) is 5. The molecule has 3 aromatic rings. The summed E-state index contributed by atoms with van der Waals surface area (Å²) < 4.78 is 0.219. The second-order valence-corrected chi connectivity index (χ2v) is 7.99. The predicted molar refractivity (Wildman–Crippen MR) is 125 cm³/mol. The fourth-order valence-electron chi connectivity index (χ4n) is 4.02. The second-order valence-electron chi connectivity index (χ2n) is 7.14. The Morgan fingerprint density at radius 1 is 0.818 bits per heavy atom. The zero-order valence-electron chi connectivity index (χ0n) is 17.1. The zero-order valence-corrected chi connectivity index (χ0v) is 18.6. The second kappa shape index (κ2) is 9.50. The van der Waals surface area contributed by atoms with Gasteiger partial charge in [-0.25, -0.2) is 9.59 Å². The summed E-state index contributed by atoms with van der Waals surface area (Å²) in [6.07, 6.45) is 0. The molecule has 0 fully saturated rings. The van der Waals surface area contributed by atoms with Gasteiger partial charge in [0.1, 0.15) is 5.41 Å². The maximum atomic E-state index is 14.4. The van der Waals surface area contributed by atoms with Crippen molar-refractivity contribution in [2.45, 2.75) is 11.1 Å². The van der Waals surface area contributed by atoms with E-state index in [-0.39, 0.29) is 26.3 Å². The van der Waals surface area contributed by atoms with Crippen molar-refractivity contribution in [2.24, 2.45) is 5.73 Å². The Kier molecular flexibility index (Phi) is 6.92. The number of aliphatic carboxylic acids is 1. The van der Waals surface area contributed by atoms with Crippen molar-refractivity contribution in [2.75, 3.05) is 5.73 Å². The lowest BCUT2D eigenvalue weighted by atomic mass is 9.61. The summed E-state index contributed by atoms with van der Waals surface area (Å²) in [5, 5.41) is 12.6. The number of nitrogens with zero attached hydrogens (tertiary/aromatic N) is 1. The van der Waals surface area contributed by atoms with E-state index in [9.17, 15) is 19.5 Å². The average Bonchev–Trinajstić information content (AvgIpc) is 2.79. The Labute approximate surface area is 199 Å². The van der Waals surface area contributed by atoms with Crippen LogP contribution in [0.1, 0.15) is 21.5 Å². The molecule has 0 aliphatic rings. The number of carbonyl (C=O) groups is 3. The smallest absolute Gasteiger partial charge is 0.349 e. The molecule has 6 N–H and O–H groups in total. The number of hydrogen-bond donors (Lipinski definition) is 4. The summed E-state index contributed by atoms with van der Waals surface area (Å²) in [4.78, 5) is 39.5. The summed E-state index contributed by atoms with van der Waals surface area (Å²) in [5.41, 5.74) is 6.90. The molecule has 0 saturated heterocycles. The van der Waals surface area contributed by atoms with E-state index in [4.69, 9.17) is 35.0 Å². The van der Waals surface area contributed by atoms with E-state index in [0.717, 1.165) is 0 Å². The molecule has 0 bridgehead atoms. The molecule has 0 saturated carbocycles. The number of para-hydroxylation sites is 1. The Hall–Kier alpha value is -3.59. The molecule has 0 aromatic heterocycles. The molecule has 0 radical (unpaired) electrons. The van der Waals surface area contributed by atoms with Crippen LogP contribution in [0.2, 0.25) is 0 Å². The Morgan fingerprint density at radius 2 is 1.27 bits per heavy atom. The lowest BCUT2D eigenvalue weighted by Crippen LogP contribution is -2.75. The highest BCUT2D eigenvalue weighted by Gasteiger charge is 2.67. The van der Waals surface area contributed by atoms with Crippen molar-refractivity contribution in [3.63, 3.8) is 0 Å². The van der Waals surface area contributed by atoms with Crippen LogP contribution in [0.4, 0.5) is 10.5 Å². The molecule has 0 heterocycles. The number of anilines is 1. The molecule has 0 aliphatic heterocycles. The molecule has 1 atom stereocenters. The van der Waals surface area contributed by atoms with Gasteiger partial charge in [0.2, 0.25) is 5.66 Å². The number of nitrogens with two attached hydrogens (primary N) is 2. The van der Waals surface area contributed by atoms with Gasteiger partial charge < -0.3 is 21.9 Å². The van der Waals surface area contributed by atoms with Crippen molar-refractivity contribution in [1.29, 1.82) is 0 Å². The van der Waals surface area contributed by atoms with Gasteiger partial charge in [0.15, 0.2) is 5.78 Å². The van der Waals surface area contributed by atoms with E-state index in [2.05, 4.69) is 5.32 Å². The van der Waals surface area contributed by atoms with Gasteiger partial charge in [-0.3, -0.25) is 4.79 Å². The summed E-state index contributed by atoms with van der Waals surface area (Å²) in [6, 6.07) is 20.8. The minimum Gasteiger partial charge on any atom is -0.478 e. The number of halogens is 2. The third kappa shape index (κ3) is 3.89. The van der Waals surface area contributed by atoms with Crippen LogP contribution in [0, 0.1) is 0 Å². The molecule has 0 aliphatic carbocycles. The van der Waals surface area contributed by atoms with Crippen LogP contribution in [0.5, 0.6) is 0 Å². The van der Waals surface area contributed by atoms with Gasteiger partial charge in [0.25, 0.3) is 0 Å². The third-order valence-corrected chi connectivity index (χ3v) is 5.88. The minimum atomic E-state index is -2.79. The third-order valence-electron chi connectivity index (χ3n) is 5.37. The first-order valence-electron chi connectivity index (χ1n) is 9.62. The maximum Gasteiger partial charge on any atom is 0.349 e. The lowest BCUT2D eigenvalue weighted by Gasteiger charge is -2.48. The number of urea groups is 1. The highest BCUT2D eigenvalue weighted by Crippen LogP contribution is 2.48. The zero-order chi connectivity index (χ0) is 24.2. The number of amides is 2. The number of carboxylic acid groups (broad SMARTS) is 1. The molecule has 0 unspecified atom stereocenters. The monoisotopic (exact) mass is 486 g/mol. The number of Topliss-reactive ketones (excluding diaryl/α,β-unsaturated/α-hetero) is 1. The van der Waals surface area contributed by atoms with Crippen LogP contribution in [-0.4, -0.2) is 32.5 Å². The maximum absolute atomic E-state index is 14.4. The fraction of sp³-hybridized carbons (Fsp3) is 0.0870. The number of nitrogen functional groups attached to an aromatic ring is 1. The number of benzene rings is 3. The van der Waals surface area contributed by atoms with E-state index < -0.39 is 28.9 Å². The first-order valence-corrected chi connectivity index (χ1v) is 10.3. The van der Waals surface area contributed by atoms with Gasteiger partial charge in [0.05, 0.1) is 0 Å². The standard InChI is InChI=1S/C23H20Cl2N4O4/c24-29(25)23(20(31)32,28-21(27)33)22(15-9-3-1-4-10-15,16-11-5-2-6-12-16)19(30)17-13-7-8-14-18(17)26/h1-14H,26H2,(H,31,32)(H3,27,28,33)/t23-/m1/s1. The first kappa shape index (κ1) is 24.1. The first-order chi connectivity index (χ1) is 15.7. The quantitative estimate of drug-likeness (QED) is 0.166. The summed E-state index contributed by atoms with van der Waals surface area (Å²) in [6.45, 7) is 0. The number of primary amides is 1. The molecule has 33 heavy (non-hydrogen) atoms. The Balaban J connectivity index is 2.61. The van der Waals surface area contributed by atoms with Crippen LogP contribution in [0.3, 0.4) is 0 Å². The van der Waals surface area contributed by atoms with E-state index >= 15 is 0 Å². The Bertz CT molecular complexity index is 1140. The number of nitrogens with one attached hydrogen (secondary N) is 1. The topological polar surface area (TPSA) is 139 Å². The van der Waals surface area contributed by atoms with Crippen LogP contribution in [0.15, 0.2) is 84.9 Å². The highest BCUT2D eigenvalue weighted by molar-refractivity contribution is 6.36. The van der Waals surface area contributed by atoms with Gasteiger partial charge >= 0.3 is 12.0 Å². The van der Waals surface area contributed by atoms with Crippen LogP contribution >= 0.6 is 23.6 Å². The molecule has 3 aromatic carbocycles. The molecule has 10 heteroatoms. The SMILES string of the molecule is NC(=O)N[C@](C(=O)O)(N(Cl)Cl)C(C(=O)c1ccccc1N)(c1ccccc1)c1ccccc1. The number of carbonyl (C=O) groups excluding carboxylic acids is 2. The minimum absolute atomic E-state index is 0.00251. The average molecular weight is 487 g/mol. The molecule has 170 valence electrons. The van der Waals surface area contributed by atoms with Gasteiger partial charge in [-0.1, -0.05) is 76.7 Å². The molecule has 3 rings (SSSR count). The largest absolute Gasteiger partial charge is 0.478 e. The van der Waals surface area contributed by atoms with E-state index in [1.54, 1.807) is 48.5 Å². The Morgan fingerprint density at radius 3 is 1.67 bits per heavy atom. The van der Waals surface area contributed by atoms with E-state index in [0.29, 0.717) is 0 Å². The number of ketones is 1. The lowest BCUT2D eigenvalue weighted by molar-refractivity contribution is -0.150. The molecule has 0 spiro atoms. The van der Waals surface area contributed by atoms with Gasteiger partial charge in [-0.05, 0) is 46.8 Å². The normalized spacial score (nSPS) is 13.2. The van der Waals surface area contributed by atoms with Crippen LogP contribution in [-0.2, 0) is 10.2 Å². The van der Waals surface area contributed by atoms with Gasteiger partial charge in [0, 0.05) is 11.3 Å². The van der Waals surface area contributed by atoms with Crippen molar-refractivity contribution < 1.29 is 19.5 Å². The molecular weight excluding hydrogens is 467 g/mol.